The highest BCUT2D eigenvalue weighted by molar-refractivity contribution is 6.18. The number of allylic oxidation sites excluding steroid dienone is 3. The maximum absolute atomic E-state index is 12.0. The van der Waals surface area contributed by atoms with Crippen molar-refractivity contribution in [1.82, 2.24) is 0 Å². The van der Waals surface area contributed by atoms with Gasteiger partial charge in [0.25, 0.3) is 0 Å². The van der Waals surface area contributed by atoms with Crippen molar-refractivity contribution in [2.75, 3.05) is 5.88 Å². The first-order chi connectivity index (χ1) is 3.81. The van der Waals surface area contributed by atoms with Crippen LogP contribution in [-0.4, -0.2) is 5.88 Å². The standard InChI is InChI=1S/C6H6ClF/c1-2-3-6(8)4-5-7/h3-4H,1,5H2. The third-order valence-corrected chi connectivity index (χ3v) is 0.666. The molecule has 0 saturated heterocycles. The van der Waals surface area contributed by atoms with Crippen LogP contribution >= 0.6 is 11.6 Å². The van der Waals surface area contributed by atoms with Crippen LogP contribution in [0.3, 0.4) is 0 Å². The second-order valence-corrected chi connectivity index (χ2v) is 1.40. The molecule has 0 nitrogen and oxygen atoms in total. The molecule has 0 aromatic rings. The Labute approximate surface area is 53.0 Å². The van der Waals surface area contributed by atoms with Gasteiger partial charge in [0.05, 0.1) is 0 Å². The highest BCUT2D eigenvalue weighted by Crippen LogP contribution is 1.96. The third-order valence-electron chi connectivity index (χ3n) is 0.512. The van der Waals surface area contributed by atoms with Crippen molar-refractivity contribution < 1.29 is 4.39 Å². The van der Waals surface area contributed by atoms with E-state index in [1.807, 2.05) is 0 Å². The first-order valence-electron chi connectivity index (χ1n) is 2.08. The highest BCUT2D eigenvalue weighted by atomic mass is 35.5. The van der Waals surface area contributed by atoms with Crippen LogP contribution in [0, 0.1) is 0 Å². The van der Waals surface area contributed by atoms with Crippen molar-refractivity contribution in [3.05, 3.63) is 30.3 Å². The van der Waals surface area contributed by atoms with E-state index in [2.05, 4.69) is 12.3 Å². The van der Waals surface area contributed by atoms with Gasteiger partial charge < -0.3 is 0 Å². The van der Waals surface area contributed by atoms with E-state index in [0.717, 1.165) is 6.08 Å². The molecule has 0 heterocycles. The van der Waals surface area contributed by atoms with Gasteiger partial charge in [-0.1, -0.05) is 6.58 Å². The molecule has 0 aliphatic carbocycles. The zero-order chi connectivity index (χ0) is 6.41. The van der Waals surface area contributed by atoms with Crippen LogP contribution in [0.4, 0.5) is 4.39 Å². The summed E-state index contributed by atoms with van der Waals surface area (Å²) in [5.74, 6) is -0.209. The summed E-state index contributed by atoms with van der Waals surface area (Å²) >= 11 is 5.15. The van der Waals surface area contributed by atoms with E-state index < -0.39 is 5.83 Å². The largest absolute Gasteiger partial charge is 0.207 e. The second kappa shape index (κ2) is 4.63. The van der Waals surface area contributed by atoms with Gasteiger partial charge in [-0.15, -0.1) is 17.3 Å². The minimum absolute atomic E-state index is 0.185. The van der Waals surface area contributed by atoms with Crippen LogP contribution in [0.5, 0.6) is 0 Å². The molecule has 2 heteroatoms. The Bertz CT molecular complexity index is 131. The van der Waals surface area contributed by atoms with Gasteiger partial charge in [-0.25, -0.2) is 4.39 Å². The van der Waals surface area contributed by atoms with Gasteiger partial charge in [0, 0.05) is 12.0 Å². The van der Waals surface area contributed by atoms with Gasteiger partial charge in [-0.3, -0.25) is 0 Å². The van der Waals surface area contributed by atoms with Crippen LogP contribution in [0.2, 0.25) is 0 Å². The molecule has 0 saturated carbocycles. The van der Waals surface area contributed by atoms with Crippen LogP contribution in [0.25, 0.3) is 0 Å². The van der Waals surface area contributed by atoms with Gasteiger partial charge in [0.1, 0.15) is 5.83 Å². The molecule has 0 aromatic heterocycles. The lowest BCUT2D eigenvalue weighted by Gasteiger charge is -1.77. The van der Waals surface area contributed by atoms with Gasteiger partial charge in [-0.2, -0.15) is 0 Å². The molecule has 0 fully saturated rings. The molecular weight excluding hydrogens is 127 g/mol. The third kappa shape index (κ3) is 3.66. The van der Waals surface area contributed by atoms with Crippen LogP contribution in [-0.2, 0) is 0 Å². The quantitative estimate of drug-likeness (QED) is 0.308. The molecule has 0 bridgehead atoms. The maximum Gasteiger partial charge on any atom is 0.128 e. The summed E-state index contributed by atoms with van der Waals surface area (Å²) in [4.78, 5) is 0. The monoisotopic (exact) mass is 132 g/mol. The molecular formula is C6H6ClF. The van der Waals surface area contributed by atoms with E-state index in [-0.39, 0.29) is 5.88 Å². The van der Waals surface area contributed by atoms with Crippen molar-refractivity contribution in [3.63, 3.8) is 0 Å². The van der Waals surface area contributed by atoms with Crippen LogP contribution < -0.4 is 0 Å². The summed E-state index contributed by atoms with van der Waals surface area (Å²) in [6.07, 6.45) is 2.36. The Kier molecular flexibility index (Phi) is 4.33. The van der Waals surface area contributed by atoms with Crippen molar-refractivity contribution >= 4 is 11.6 Å². The van der Waals surface area contributed by atoms with Gasteiger partial charge in [-0.05, 0) is 6.08 Å². The zero-order valence-electron chi connectivity index (χ0n) is 4.32. The Balaban J connectivity index is 3.79. The normalized spacial score (nSPS) is 10.5. The van der Waals surface area contributed by atoms with E-state index >= 15 is 0 Å². The van der Waals surface area contributed by atoms with E-state index in [1.165, 1.54) is 6.08 Å². The van der Waals surface area contributed by atoms with Crippen LogP contribution in [0.1, 0.15) is 0 Å². The molecule has 0 aliphatic rings. The Morgan fingerprint density at radius 1 is 1.88 bits per heavy atom. The maximum atomic E-state index is 12.0. The molecule has 0 spiro atoms. The highest BCUT2D eigenvalue weighted by Gasteiger charge is 1.80. The second-order valence-electron chi connectivity index (χ2n) is 1.09. The molecule has 44 valence electrons. The lowest BCUT2D eigenvalue weighted by molar-refractivity contribution is 0.665. The molecule has 0 N–H and O–H groups in total. The molecule has 0 amide bonds. The van der Waals surface area contributed by atoms with Gasteiger partial charge >= 0.3 is 0 Å². The van der Waals surface area contributed by atoms with E-state index in [4.69, 9.17) is 11.6 Å². The molecule has 0 unspecified atom stereocenters. The minimum atomic E-state index is -0.394. The summed E-state index contributed by atoms with van der Waals surface area (Å²) in [5, 5.41) is 0. The summed E-state index contributed by atoms with van der Waals surface area (Å²) in [6.45, 7) is 3.18. The topological polar surface area (TPSA) is 0 Å². The number of hydrogen-bond donors (Lipinski definition) is 0. The number of alkyl halides is 1. The fourth-order valence-corrected chi connectivity index (χ4v) is 0.378. The van der Waals surface area contributed by atoms with Gasteiger partial charge in [0.2, 0.25) is 0 Å². The molecule has 0 radical (unpaired) electrons. The molecule has 0 aromatic carbocycles. The number of rotatable bonds is 2. The summed E-state index contributed by atoms with van der Waals surface area (Å²) in [5.41, 5.74) is 2.28. The van der Waals surface area contributed by atoms with E-state index in [1.54, 1.807) is 0 Å². The summed E-state index contributed by atoms with van der Waals surface area (Å²) in [7, 11) is 0. The Hall–Kier alpha value is -0.520. The van der Waals surface area contributed by atoms with Crippen molar-refractivity contribution in [2.45, 2.75) is 0 Å². The fourth-order valence-electron chi connectivity index (χ4n) is 0.230. The van der Waals surface area contributed by atoms with Crippen molar-refractivity contribution in [1.29, 1.82) is 0 Å². The SMILES string of the molecule is C=C=CC(F)=CCCl. The van der Waals surface area contributed by atoms with E-state index in [9.17, 15) is 4.39 Å². The first kappa shape index (κ1) is 7.48. The summed E-state index contributed by atoms with van der Waals surface area (Å²) < 4.78 is 12.0. The summed E-state index contributed by atoms with van der Waals surface area (Å²) in [6, 6.07) is 0. The predicted octanol–water partition coefficient (Wildman–Crippen LogP) is 2.42. The lowest BCUT2D eigenvalue weighted by Crippen LogP contribution is -1.64. The number of halogens is 2. The predicted molar refractivity (Wildman–Crippen MR) is 33.6 cm³/mol. The van der Waals surface area contributed by atoms with Gasteiger partial charge in [0.15, 0.2) is 0 Å². The van der Waals surface area contributed by atoms with Crippen LogP contribution in [0.15, 0.2) is 30.3 Å². The molecule has 0 atom stereocenters. The van der Waals surface area contributed by atoms with Crippen molar-refractivity contribution in [3.8, 4) is 0 Å². The smallest absolute Gasteiger partial charge is 0.128 e. The molecule has 0 aliphatic heterocycles. The molecule has 0 rings (SSSR count). The lowest BCUT2D eigenvalue weighted by atomic mass is 10.5. The molecule has 8 heavy (non-hydrogen) atoms. The Morgan fingerprint density at radius 2 is 2.50 bits per heavy atom. The minimum Gasteiger partial charge on any atom is -0.207 e. The fraction of sp³-hybridized carbons (Fsp3) is 0.167. The average molecular weight is 133 g/mol. The average Bonchev–Trinajstić information content (AvgIpc) is 1.68. The van der Waals surface area contributed by atoms with Crippen molar-refractivity contribution in [2.24, 2.45) is 0 Å². The number of hydrogen-bond acceptors (Lipinski definition) is 0. The first-order valence-corrected chi connectivity index (χ1v) is 2.62. The Morgan fingerprint density at radius 3 is 2.88 bits per heavy atom. The van der Waals surface area contributed by atoms with E-state index in [0.29, 0.717) is 0 Å². The zero-order valence-corrected chi connectivity index (χ0v) is 5.08.